The average Bonchev–Trinajstić information content (AvgIpc) is 3.77. The zero-order valence-corrected chi connectivity index (χ0v) is 33.8. The molecule has 0 spiro atoms. The highest BCUT2D eigenvalue weighted by Crippen LogP contribution is 2.26. The third kappa shape index (κ3) is 14.4. The molecule has 314 valence electrons. The van der Waals surface area contributed by atoms with Crippen LogP contribution in [0, 0.1) is 5.92 Å². The number of benzene rings is 2. The number of hydrogen-bond donors (Lipinski definition) is 3. The molecule has 0 aliphatic heterocycles. The summed E-state index contributed by atoms with van der Waals surface area (Å²) in [5.74, 6) is 0.210. The molecule has 1 atom stereocenters. The van der Waals surface area contributed by atoms with Gasteiger partial charge < -0.3 is 0 Å². The molecule has 0 saturated heterocycles. The molecule has 5 rings (SSSR count). The fraction of sp³-hybridized carbons (Fsp3) is 0.447. The summed E-state index contributed by atoms with van der Waals surface area (Å²) < 4.78 is 107. The zero-order chi connectivity index (χ0) is 40.1. The van der Waals surface area contributed by atoms with Crippen molar-refractivity contribution < 1.29 is 52.6 Å². The molecule has 3 aromatic heterocycles. The number of aromatic nitrogens is 6. The van der Waals surface area contributed by atoms with Gasteiger partial charge in [-0.15, -0.1) is 0 Å². The molecule has 5 aromatic rings. The van der Waals surface area contributed by atoms with E-state index < -0.39 is 35.7 Å². The molecule has 1 unspecified atom stereocenters. The molecule has 2 aromatic carbocycles. The lowest BCUT2D eigenvalue weighted by atomic mass is 10.0. The summed E-state index contributed by atoms with van der Waals surface area (Å²) >= 11 is 0. The highest BCUT2D eigenvalue weighted by atomic mass is 32.2. The van der Waals surface area contributed by atoms with E-state index in [0.717, 1.165) is 11.1 Å². The second-order valence-corrected chi connectivity index (χ2v) is 18.1. The van der Waals surface area contributed by atoms with Gasteiger partial charge in [-0.05, 0) is 41.2 Å². The van der Waals surface area contributed by atoms with Gasteiger partial charge in [0.15, 0.2) is 5.69 Å². The summed E-state index contributed by atoms with van der Waals surface area (Å²) in [4.78, 5) is -0.0880. The van der Waals surface area contributed by atoms with Gasteiger partial charge in [0, 0.05) is 11.5 Å². The van der Waals surface area contributed by atoms with Gasteiger partial charge in [0.2, 0.25) is 24.4 Å². The van der Waals surface area contributed by atoms with Crippen LogP contribution in [0.1, 0.15) is 97.7 Å². The van der Waals surface area contributed by atoms with Gasteiger partial charge in [0.25, 0.3) is 20.2 Å². The van der Waals surface area contributed by atoms with Gasteiger partial charge in [-0.25, -0.2) is 27.4 Å². The van der Waals surface area contributed by atoms with E-state index in [4.69, 9.17) is 4.55 Å². The summed E-state index contributed by atoms with van der Waals surface area (Å²) in [6, 6.07) is 10.3. The van der Waals surface area contributed by atoms with E-state index in [1.807, 2.05) is 81.8 Å². The van der Waals surface area contributed by atoms with Crippen molar-refractivity contribution in [3.63, 3.8) is 0 Å². The smallest absolute Gasteiger partial charge is 0.282 e. The van der Waals surface area contributed by atoms with Gasteiger partial charge in [0.05, 0.1) is 21.1 Å². The van der Waals surface area contributed by atoms with Crippen LogP contribution in [0.2, 0.25) is 0 Å². The average molecular weight is 844 g/mol. The second-order valence-electron chi connectivity index (χ2n) is 13.8. The Labute approximate surface area is 334 Å². The Morgan fingerprint density at radius 2 is 1.07 bits per heavy atom. The minimum absolute atomic E-state index is 0. The molecule has 18 heteroatoms. The quantitative estimate of drug-likeness (QED) is 0.118. The van der Waals surface area contributed by atoms with Crippen LogP contribution in [-0.2, 0) is 58.0 Å². The van der Waals surface area contributed by atoms with Gasteiger partial charge in [-0.3, -0.25) is 13.7 Å². The highest BCUT2D eigenvalue weighted by molar-refractivity contribution is 7.86. The largest absolute Gasteiger partial charge is 0.307 e. The highest BCUT2D eigenvalue weighted by Gasteiger charge is 2.32. The van der Waals surface area contributed by atoms with Crippen LogP contribution in [0.3, 0.4) is 0 Å². The van der Waals surface area contributed by atoms with Crippen molar-refractivity contribution in [3.8, 4) is 5.69 Å². The van der Waals surface area contributed by atoms with Crippen LogP contribution >= 0.6 is 0 Å². The third-order valence-corrected chi connectivity index (χ3v) is 11.4. The fourth-order valence-corrected chi connectivity index (χ4v) is 8.05. The molecule has 15 nitrogen and oxygen atoms in total. The molecular formula is C38H63N6O9S3+3. The van der Waals surface area contributed by atoms with Crippen LogP contribution in [0.15, 0.2) is 102 Å². The van der Waals surface area contributed by atoms with E-state index in [2.05, 4.69) is 0 Å². The minimum Gasteiger partial charge on any atom is -0.282 e. The molecule has 0 amide bonds. The van der Waals surface area contributed by atoms with E-state index in [-0.39, 0.29) is 49.8 Å². The van der Waals surface area contributed by atoms with Crippen molar-refractivity contribution in [2.45, 2.75) is 97.4 Å². The molecule has 3 N–H and O–H groups in total. The van der Waals surface area contributed by atoms with Crippen molar-refractivity contribution in [2.75, 3.05) is 0 Å². The molecule has 0 aliphatic rings. The van der Waals surface area contributed by atoms with Crippen LogP contribution in [0.5, 0.6) is 0 Å². The Kier molecular flexibility index (Phi) is 19.3. The van der Waals surface area contributed by atoms with Crippen molar-refractivity contribution >= 4 is 30.4 Å². The van der Waals surface area contributed by atoms with Crippen LogP contribution in [-0.4, -0.2) is 52.6 Å². The molecule has 3 heterocycles. The van der Waals surface area contributed by atoms with E-state index in [0.29, 0.717) is 17.8 Å². The van der Waals surface area contributed by atoms with Gasteiger partial charge in [0.1, 0.15) is 53.5 Å². The van der Waals surface area contributed by atoms with Gasteiger partial charge in [-0.1, -0.05) is 82.0 Å². The lowest BCUT2D eigenvalue weighted by Gasteiger charge is -2.13. The summed E-state index contributed by atoms with van der Waals surface area (Å²) in [5.41, 5.74) is 2.77. The molecule has 0 bridgehead atoms. The Balaban J connectivity index is 0.000000801. The first-order valence-corrected chi connectivity index (χ1v) is 21.0. The SMILES string of the molecule is C.C.C.CC(C)C(n1cc[n+](C)c1)S(=O)(=O)O.CC(C)c1ccc(-n2cc[n+](C)c2)c(S(=O)(=O)O)c1.CC(C)c1ccc(Cn2cc[n+](C)c2)c(S(=O)(=O)O)c1. The van der Waals surface area contributed by atoms with E-state index in [1.165, 1.54) is 10.6 Å². The molecule has 0 fully saturated rings. The maximum atomic E-state index is 11.6. The molecule has 0 saturated carbocycles. The number of imidazole rings is 3. The summed E-state index contributed by atoms with van der Waals surface area (Å²) in [6.07, 6.45) is 15.8. The number of nitrogens with zero attached hydrogens (tertiary/aromatic N) is 6. The summed E-state index contributed by atoms with van der Waals surface area (Å²) in [6.45, 7) is 11.8. The fourth-order valence-electron chi connectivity index (χ4n) is 5.46. The topological polar surface area (TPSA) is 190 Å². The van der Waals surface area contributed by atoms with Crippen molar-refractivity contribution in [2.24, 2.45) is 27.1 Å². The minimum atomic E-state index is -4.26. The third-order valence-electron chi connectivity index (χ3n) is 8.15. The Bertz CT molecular complexity index is 2340. The van der Waals surface area contributed by atoms with Crippen LogP contribution in [0.4, 0.5) is 0 Å². The first kappa shape index (κ1) is 51.8. The van der Waals surface area contributed by atoms with Gasteiger partial charge >= 0.3 is 10.1 Å². The Morgan fingerprint density at radius 3 is 1.46 bits per heavy atom. The van der Waals surface area contributed by atoms with E-state index in [9.17, 15) is 34.4 Å². The first-order chi connectivity index (χ1) is 24.4. The van der Waals surface area contributed by atoms with Crippen molar-refractivity contribution in [1.29, 1.82) is 0 Å². The molecular weight excluding hydrogens is 781 g/mol. The maximum Gasteiger partial charge on any atom is 0.307 e. The molecule has 0 radical (unpaired) electrons. The molecule has 56 heavy (non-hydrogen) atoms. The monoisotopic (exact) mass is 843 g/mol. The lowest BCUT2D eigenvalue weighted by molar-refractivity contribution is -0.671. The van der Waals surface area contributed by atoms with Gasteiger partial charge in [-0.2, -0.15) is 25.3 Å². The summed E-state index contributed by atoms with van der Waals surface area (Å²) in [5, 5.41) is -0.913. The second kappa shape index (κ2) is 20.8. The maximum absolute atomic E-state index is 11.6. The number of hydrogen-bond acceptors (Lipinski definition) is 6. The number of rotatable bonds is 10. The summed E-state index contributed by atoms with van der Waals surface area (Å²) in [7, 11) is -7.02. The first-order valence-electron chi connectivity index (χ1n) is 16.6. The van der Waals surface area contributed by atoms with Crippen molar-refractivity contribution in [3.05, 3.63) is 109 Å². The van der Waals surface area contributed by atoms with Crippen LogP contribution < -0.4 is 13.7 Å². The Morgan fingerprint density at radius 1 is 0.607 bits per heavy atom. The Hall–Kier alpha value is -4.20. The standard InChI is InChI=1S/C14H18N2O3S.C13H16N2O3S.C8H14N2O3S.3CH4/c1-11(2)12-4-5-13(14(8-12)20(17,18)19)9-16-7-6-15(3)10-16;1-10(2)11-4-5-12(13(8-11)19(16,17)18)15-7-6-14(3)9-15;1-7(2)8(14(11,12)13)10-5-4-9(3)6-10;;;/h4-8,10-11H,9H2,1-3H3;4-10H,1-3H3;4-8H,1-3H3;3*1H4/p+3. The van der Waals surface area contributed by atoms with Crippen LogP contribution in [0.25, 0.3) is 5.69 Å². The van der Waals surface area contributed by atoms with Crippen molar-refractivity contribution in [1.82, 2.24) is 13.7 Å². The molecule has 0 aliphatic carbocycles. The van der Waals surface area contributed by atoms with E-state index in [1.54, 1.807) is 90.2 Å². The zero-order valence-electron chi connectivity index (χ0n) is 31.4. The van der Waals surface area contributed by atoms with E-state index >= 15 is 0 Å². The predicted molar refractivity (Wildman–Crippen MR) is 217 cm³/mol. The number of aryl methyl sites for hydroxylation is 3. The normalized spacial score (nSPS) is 12.1. The lowest BCUT2D eigenvalue weighted by Crippen LogP contribution is -2.28. The predicted octanol–water partition coefficient (Wildman–Crippen LogP) is 5.67.